The summed E-state index contributed by atoms with van der Waals surface area (Å²) in [5.41, 5.74) is 1.53. The standard InChI is InChI=1S/C28H22F2N4O4S/c1-36-25-13-19-21(14-26(25)37-2)31-11-10-23(19)38-24-9-6-17(12-20(24)30)32-28(35)22-15-27(39-3)34(33-22)18-7-4-16(29)5-8-18/h4-15H,1-3H3,(H,32,35). The molecule has 0 spiro atoms. The maximum absolute atomic E-state index is 15.0. The van der Waals surface area contributed by atoms with Gasteiger partial charge in [0.15, 0.2) is 28.8 Å². The SMILES string of the molecule is COc1cc2nccc(Oc3ccc(NC(=O)c4cc(SC)n(-c5ccc(F)cc5)n4)cc3F)c2cc1OC. The molecule has 1 N–H and O–H groups in total. The summed E-state index contributed by atoms with van der Waals surface area (Å²) in [4.78, 5) is 17.2. The van der Waals surface area contributed by atoms with Crippen LogP contribution in [-0.2, 0) is 0 Å². The molecule has 0 fully saturated rings. The molecular weight excluding hydrogens is 526 g/mol. The van der Waals surface area contributed by atoms with Crippen molar-refractivity contribution in [3.8, 4) is 28.7 Å². The molecule has 1 amide bonds. The Kier molecular flexibility index (Phi) is 7.33. The van der Waals surface area contributed by atoms with Crippen molar-refractivity contribution in [2.45, 2.75) is 5.03 Å². The van der Waals surface area contributed by atoms with Gasteiger partial charge in [-0.05, 0) is 54.8 Å². The van der Waals surface area contributed by atoms with Gasteiger partial charge in [-0.1, -0.05) is 0 Å². The minimum absolute atomic E-state index is 0.0412. The first-order valence-corrected chi connectivity index (χ1v) is 12.8. The van der Waals surface area contributed by atoms with Gasteiger partial charge in [0.25, 0.3) is 5.91 Å². The molecule has 0 unspecified atom stereocenters. The lowest BCUT2D eigenvalue weighted by Crippen LogP contribution is -2.13. The van der Waals surface area contributed by atoms with Crippen molar-refractivity contribution in [3.05, 3.63) is 90.3 Å². The Morgan fingerprint density at radius 3 is 2.33 bits per heavy atom. The van der Waals surface area contributed by atoms with Crippen molar-refractivity contribution in [1.82, 2.24) is 14.8 Å². The summed E-state index contributed by atoms with van der Waals surface area (Å²) >= 11 is 1.38. The number of carbonyl (C=O) groups is 1. The summed E-state index contributed by atoms with van der Waals surface area (Å²) in [7, 11) is 3.04. The lowest BCUT2D eigenvalue weighted by atomic mass is 10.2. The molecule has 0 saturated carbocycles. The van der Waals surface area contributed by atoms with Crippen LogP contribution in [0.1, 0.15) is 10.5 Å². The number of thioether (sulfide) groups is 1. The Balaban J connectivity index is 1.36. The number of amides is 1. The molecular formula is C28H22F2N4O4S. The number of fused-ring (bicyclic) bond motifs is 1. The quantitative estimate of drug-likeness (QED) is 0.222. The third kappa shape index (κ3) is 5.34. The van der Waals surface area contributed by atoms with Crippen LogP contribution in [0.15, 0.2) is 78.0 Å². The number of pyridine rings is 1. The van der Waals surface area contributed by atoms with Gasteiger partial charge in [0.05, 0.1) is 25.4 Å². The molecule has 5 rings (SSSR count). The fourth-order valence-corrected chi connectivity index (χ4v) is 4.45. The van der Waals surface area contributed by atoms with Crippen LogP contribution in [0.5, 0.6) is 23.0 Å². The average molecular weight is 549 g/mol. The highest BCUT2D eigenvalue weighted by Crippen LogP contribution is 2.37. The van der Waals surface area contributed by atoms with Gasteiger partial charge in [0, 0.05) is 35.5 Å². The molecule has 0 aliphatic carbocycles. The van der Waals surface area contributed by atoms with Crippen LogP contribution in [0.3, 0.4) is 0 Å². The molecule has 5 aromatic rings. The van der Waals surface area contributed by atoms with Crippen LogP contribution < -0.4 is 19.5 Å². The first kappa shape index (κ1) is 26.0. The van der Waals surface area contributed by atoms with E-state index in [9.17, 15) is 9.18 Å². The number of anilines is 1. The Hall–Kier alpha value is -4.64. The van der Waals surface area contributed by atoms with Crippen LogP contribution in [0, 0.1) is 11.6 Å². The fourth-order valence-electron chi connectivity index (χ4n) is 3.90. The van der Waals surface area contributed by atoms with Crippen LogP contribution in [0.4, 0.5) is 14.5 Å². The van der Waals surface area contributed by atoms with Crippen molar-refractivity contribution in [2.24, 2.45) is 0 Å². The number of halogens is 2. The zero-order valence-electron chi connectivity index (χ0n) is 21.1. The first-order valence-electron chi connectivity index (χ1n) is 11.6. The van der Waals surface area contributed by atoms with Crippen molar-refractivity contribution >= 4 is 34.3 Å². The Bertz CT molecular complexity index is 1680. The van der Waals surface area contributed by atoms with E-state index in [1.165, 1.54) is 50.2 Å². The number of hydrogen-bond acceptors (Lipinski definition) is 7. The van der Waals surface area contributed by atoms with E-state index in [0.29, 0.717) is 38.9 Å². The lowest BCUT2D eigenvalue weighted by molar-refractivity contribution is 0.102. The van der Waals surface area contributed by atoms with Crippen LogP contribution in [-0.4, -0.2) is 41.1 Å². The zero-order valence-corrected chi connectivity index (χ0v) is 21.9. The number of methoxy groups -OCH3 is 2. The molecule has 8 nitrogen and oxygen atoms in total. The molecule has 0 radical (unpaired) electrons. The maximum atomic E-state index is 15.0. The molecule has 11 heteroatoms. The summed E-state index contributed by atoms with van der Waals surface area (Å²) in [5, 5.41) is 8.28. The summed E-state index contributed by atoms with van der Waals surface area (Å²) in [6.45, 7) is 0. The Labute approximate surface area is 226 Å². The number of nitrogens with one attached hydrogen (secondary N) is 1. The van der Waals surface area contributed by atoms with Gasteiger partial charge in [0.2, 0.25) is 0 Å². The summed E-state index contributed by atoms with van der Waals surface area (Å²) in [5.74, 6) is -0.268. The van der Waals surface area contributed by atoms with Gasteiger partial charge < -0.3 is 19.5 Å². The normalized spacial score (nSPS) is 10.9. The third-order valence-corrected chi connectivity index (χ3v) is 6.52. The highest BCUT2D eigenvalue weighted by Gasteiger charge is 2.17. The minimum Gasteiger partial charge on any atom is -0.493 e. The topological polar surface area (TPSA) is 87.5 Å². The molecule has 0 atom stereocenters. The average Bonchev–Trinajstić information content (AvgIpc) is 3.39. The van der Waals surface area contributed by atoms with Crippen molar-refractivity contribution < 1.29 is 27.8 Å². The Morgan fingerprint density at radius 2 is 1.64 bits per heavy atom. The van der Waals surface area contributed by atoms with E-state index in [-0.39, 0.29) is 22.9 Å². The van der Waals surface area contributed by atoms with E-state index in [0.717, 1.165) is 6.07 Å². The van der Waals surface area contributed by atoms with Crippen LogP contribution in [0.25, 0.3) is 16.6 Å². The van der Waals surface area contributed by atoms with E-state index in [2.05, 4.69) is 15.4 Å². The number of ether oxygens (including phenoxy) is 3. The molecule has 0 aliphatic heterocycles. The maximum Gasteiger partial charge on any atom is 0.276 e. The molecule has 0 saturated heterocycles. The summed E-state index contributed by atoms with van der Waals surface area (Å²) < 4.78 is 46.4. The third-order valence-electron chi connectivity index (χ3n) is 5.81. The molecule has 2 heterocycles. The van der Waals surface area contributed by atoms with Gasteiger partial charge in [-0.3, -0.25) is 9.78 Å². The number of rotatable bonds is 8. The van der Waals surface area contributed by atoms with E-state index >= 15 is 4.39 Å². The highest BCUT2D eigenvalue weighted by molar-refractivity contribution is 7.98. The van der Waals surface area contributed by atoms with E-state index in [1.807, 2.05) is 6.26 Å². The van der Waals surface area contributed by atoms with Crippen LogP contribution in [0.2, 0.25) is 0 Å². The number of aromatic nitrogens is 3. The van der Waals surface area contributed by atoms with Gasteiger partial charge in [-0.2, -0.15) is 5.10 Å². The number of carbonyl (C=O) groups excluding carboxylic acids is 1. The highest BCUT2D eigenvalue weighted by atomic mass is 32.2. The molecule has 0 aliphatic rings. The smallest absolute Gasteiger partial charge is 0.276 e. The molecule has 2 aromatic heterocycles. The molecule has 0 bridgehead atoms. The summed E-state index contributed by atoms with van der Waals surface area (Å²) in [6.07, 6.45) is 3.38. The van der Waals surface area contributed by atoms with Gasteiger partial charge >= 0.3 is 0 Å². The monoisotopic (exact) mass is 548 g/mol. The largest absolute Gasteiger partial charge is 0.493 e. The van der Waals surface area contributed by atoms with E-state index in [1.54, 1.807) is 47.3 Å². The second-order valence-corrected chi connectivity index (χ2v) is 9.02. The first-order chi connectivity index (χ1) is 18.9. The fraction of sp³-hybridized carbons (Fsp3) is 0.107. The number of benzene rings is 3. The van der Waals surface area contributed by atoms with Gasteiger partial charge in [-0.25, -0.2) is 13.5 Å². The van der Waals surface area contributed by atoms with Crippen LogP contribution >= 0.6 is 11.8 Å². The second-order valence-electron chi connectivity index (χ2n) is 8.19. The van der Waals surface area contributed by atoms with Crippen molar-refractivity contribution in [1.29, 1.82) is 0 Å². The zero-order chi connectivity index (χ0) is 27.5. The van der Waals surface area contributed by atoms with Crippen molar-refractivity contribution in [2.75, 3.05) is 25.8 Å². The van der Waals surface area contributed by atoms with Crippen molar-refractivity contribution in [3.63, 3.8) is 0 Å². The lowest BCUT2D eigenvalue weighted by Gasteiger charge is -2.13. The predicted octanol–water partition coefficient (Wildman–Crippen LogP) is 6.48. The molecule has 198 valence electrons. The minimum atomic E-state index is -0.681. The second kappa shape index (κ2) is 11.0. The van der Waals surface area contributed by atoms with Gasteiger partial charge in [0.1, 0.15) is 16.6 Å². The van der Waals surface area contributed by atoms with E-state index in [4.69, 9.17) is 14.2 Å². The number of hydrogen-bond donors (Lipinski definition) is 1. The Morgan fingerprint density at radius 1 is 0.897 bits per heavy atom. The summed E-state index contributed by atoms with van der Waals surface area (Å²) in [6, 6.07) is 16.5. The van der Waals surface area contributed by atoms with E-state index < -0.39 is 11.7 Å². The number of nitrogens with zero attached hydrogens (tertiary/aromatic N) is 3. The van der Waals surface area contributed by atoms with Gasteiger partial charge in [-0.15, -0.1) is 11.8 Å². The molecule has 39 heavy (non-hydrogen) atoms. The predicted molar refractivity (Wildman–Crippen MR) is 145 cm³/mol. The molecule has 3 aromatic carbocycles.